The normalized spacial score (nSPS) is 13.5. The Morgan fingerprint density at radius 1 is 1.08 bits per heavy atom. The van der Waals surface area contributed by atoms with E-state index < -0.39 is 0 Å². The molecular weight excluding hydrogens is 160 g/mol. The molecule has 0 saturated heterocycles. The van der Waals surface area contributed by atoms with E-state index in [4.69, 9.17) is 5.11 Å². The van der Waals surface area contributed by atoms with Gasteiger partial charge in [0.15, 0.2) is 0 Å². The van der Waals surface area contributed by atoms with Crippen molar-refractivity contribution in [3.8, 4) is 0 Å². The van der Waals surface area contributed by atoms with Gasteiger partial charge in [-0.15, -0.1) is 0 Å². The minimum atomic E-state index is 0.145. The van der Waals surface area contributed by atoms with Crippen molar-refractivity contribution in [2.45, 2.75) is 46.5 Å². The summed E-state index contributed by atoms with van der Waals surface area (Å²) in [6.07, 6.45) is 9.14. The summed E-state index contributed by atoms with van der Waals surface area (Å²) in [6, 6.07) is 0. The van der Waals surface area contributed by atoms with E-state index in [9.17, 15) is 0 Å². The van der Waals surface area contributed by atoms with Gasteiger partial charge in [0.25, 0.3) is 0 Å². The van der Waals surface area contributed by atoms with Gasteiger partial charge < -0.3 is 5.11 Å². The molecule has 0 heterocycles. The van der Waals surface area contributed by atoms with Gasteiger partial charge in [0.1, 0.15) is 0 Å². The molecule has 1 nitrogen and oxygen atoms in total. The Morgan fingerprint density at radius 2 is 1.69 bits per heavy atom. The van der Waals surface area contributed by atoms with Gasteiger partial charge in [0, 0.05) is 0 Å². The highest BCUT2D eigenvalue weighted by Gasteiger charge is 1.91. The Kier molecular flexibility index (Phi) is 7.71. The Bertz CT molecular complexity index is 178. The summed E-state index contributed by atoms with van der Waals surface area (Å²) in [5.74, 6) is 0. The summed E-state index contributed by atoms with van der Waals surface area (Å²) < 4.78 is 0. The topological polar surface area (TPSA) is 20.2 Å². The van der Waals surface area contributed by atoms with Crippen LogP contribution in [0.25, 0.3) is 0 Å². The van der Waals surface area contributed by atoms with Crippen molar-refractivity contribution in [3.63, 3.8) is 0 Å². The quantitative estimate of drug-likeness (QED) is 0.492. The lowest BCUT2D eigenvalue weighted by Gasteiger charge is -2.00. The zero-order chi connectivity index (χ0) is 10.1. The average Bonchev–Trinajstić information content (AvgIpc) is 2.12. The van der Waals surface area contributed by atoms with Gasteiger partial charge in [0.05, 0.1) is 6.61 Å². The molecule has 0 aliphatic rings. The van der Waals surface area contributed by atoms with Crippen LogP contribution in [0.4, 0.5) is 0 Å². The molecule has 0 radical (unpaired) electrons. The van der Waals surface area contributed by atoms with Crippen LogP contribution in [0.2, 0.25) is 0 Å². The van der Waals surface area contributed by atoms with Crippen LogP contribution in [-0.2, 0) is 0 Å². The summed E-state index contributed by atoms with van der Waals surface area (Å²) in [7, 11) is 0. The third-order valence-electron chi connectivity index (χ3n) is 2.28. The zero-order valence-electron chi connectivity index (χ0n) is 9.14. The van der Waals surface area contributed by atoms with Crippen molar-refractivity contribution in [3.05, 3.63) is 23.3 Å². The van der Waals surface area contributed by atoms with Crippen molar-refractivity contribution in [2.24, 2.45) is 0 Å². The molecule has 1 heteroatoms. The van der Waals surface area contributed by atoms with Crippen LogP contribution in [0, 0.1) is 0 Å². The molecule has 0 fully saturated rings. The minimum Gasteiger partial charge on any atom is -0.392 e. The summed E-state index contributed by atoms with van der Waals surface area (Å²) in [4.78, 5) is 0. The molecule has 0 amide bonds. The summed E-state index contributed by atoms with van der Waals surface area (Å²) in [6.45, 7) is 6.51. The molecule has 0 unspecified atom stereocenters. The van der Waals surface area contributed by atoms with Crippen LogP contribution in [0.3, 0.4) is 0 Å². The van der Waals surface area contributed by atoms with E-state index in [1.54, 1.807) is 0 Å². The van der Waals surface area contributed by atoms with Gasteiger partial charge in [-0.1, -0.05) is 43.1 Å². The van der Waals surface area contributed by atoms with Gasteiger partial charge in [-0.05, 0) is 26.7 Å². The van der Waals surface area contributed by atoms with Crippen LogP contribution in [-0.4, -0.2) is 11.7 Å². The first-order valence-corrected chi connectivity index (χ1v) is 5.17. The largest absolute Gasteiger partial charge is 0.392 e. The maximum absolute atomic E-state index is 8.69. The predicted octanol–water partition coefficient (Wildman–Crippen LogP) is 3.45. The lowest BCUT2D eigenvalue weighted by molar-refractivity contribution is 0.342. The average molecular weight is 182 g/mol. The van der Waals surface area contributed by atoms with Crippen molar-refractivity contribution in [1.82, 2.24) is 0 Å². The standard InChI is InChI=1S/C12H22O/c1-4-5-6-7-8-11(2)12(3)9-10-13/h8-9,13H,4-7,10H2,1-3H3/b11-8+,12-9+. The minimum absolute atomic E-state index is 0.145. The van der Waals surface area contributed by atoms with Crippen molar-refractivity contribution in [2.75, 3.05) is 6.61 Å². The number of allylic oxidation sites excluding steroid dienone is 3. The van der Waals surface area contributed by atoms with Crippen LogP contribution in [0.15, 0.2) is 23.3 Å². The van der Waals surface area contributed by atoms with E-state index in [2.05, 4.69) is 19.9 Å². The second kappa shape index (κ2) is 8.06. The molecule has 0 aromatic rings. The number of hydrogen-bond donors (Lipinski definition) is 1. The molecule has 13 heavy (non-hydrogen) atoms. The summed E-state index contributed by atoms with van der Waals surface area (Å²) in [5.41, 5.74) is 2.49. The van der Waals surface area contributed by atoms with Crippen molar-refractivity contribution >= 4 is 0 Å². The molecule has 0 rings (SSSR count). The zero-order valence-corrected chi connectivity index (χ0v) is 9.14. The molecule has 1 N–H and O–H groups in total. The molecule has 0 spiro atoms. The highest BCUT2D eigenvalue weighted by molar-refractivity contribution is 5.26. The number of unbranched alkanes of at least 4 members (excludes halogenated alkanes) is 3. The van der Waals surface area contributed by atoms with Crippen molar-refractivity contribution in [1.29, 1.82) is 0 Å². The van der Waals surface area contributed by atoms with Crippen molar-refractivity contribution < 1.29 is 5.11 Å². The molecule has 0 bridgehead atoms. The third-order valence-corrected chi connectivity index (χ3v) is 2.28. The molecule has 0 aliphatic carbocycles. The fraction of sp³-hybridized carbons (Fsp3) is 0.667. The monoisotopic (exact) mass is 182 g/mol. The first-order valence-electron chi connectivity index (χ1n) is 5.17. The summed E-state index contributed by atoms with van der Waals surface area (Å²) in [5, 5.41) is 8.69. The van der Waals surface area contributed by atoms with E-state index in [-0.39, 0.29) is 6.61 Å². The number of rotatable bonds is 6. The molecule has 0 aromatic heterocycles. The van der Waals surface area contributed by atoms with Crippen LogP contribution in [0.5, 0.6) is 0 Å². The van der Waals surface area contributed by atoms with Crippen LogP contribution >= 0.6 is 0 Å². The maximum Gasteiger partial charge on any atom is 0.0618 e. The van der Waals surface area contributed by atoms with Gasteiger partial charge in [-0.25, -0.2) is 0 Å². The second-order valence-electron chi connectivity index (χ2n) is 3.45. The first-order chi connectivity index (χ1) is 6.22. The highest BCUT2D eigenvalue weighted by atomic mass is 16.2. The molecule has 76 valence electrons. The van der Waals surface area contributed by atoms with E-state index in [0.717, 1.165) is 6.42 Å². The molecule has 0 saturated carbocycles. The van der Waals surface area contributed by atoms with E-state index in [0.29, 0.717) is 0 Å². The van der Waals surface area contributed by atoms with Gasteiger partial charge in [0.2, 0.25) is 0 Å². The SMILES string of the molecule is CCCCC/C=C(C)/C(C)=C/CO. The van der Waals surface area contributed by atoms with Crippen LogP contribution in [0.1, 0.15) is 46.5 Å². The maximum atomic E-state index is 8.69. The molecule has 0 atom stereocenters. The summed E-state index contributed by atoms with van der Waals surface area (Å²) >= 11 is 0. The fourth-order valence-corrected chi connectivity index (χ4v) is 1.17. The van der Waals surface area contributed by atoms with Gasteiger partial charge >= 0.3 is 0 Å². The van der Waals surface area contributed by atoms with E-state index >= 15 is 0 Å². The molecule has 0 aromatic carbocycles. The lowest BCUT2D eigenvalue weighted by Crippen LogP contribution is -1.83. The molecule has 0 aliphatic heterocycles. The number of aliphatic hydroxyl groups is 1. The second-order valence-corrected chi connectivity index (χ2v) is 3.45. The van der Waals surface area contributed by atoms with Crippen LogP contribution < -0.4 is 0 Å². The number of aliphatic hydroxyl groups excluding tert-OH is 1. The fourth-order valence-electron chi connectivity index (χ4n) is 1.17. The van der Waals surface area contributed by atoms with Gasteiger partial charge in [-0.3, -0.25) is 0 Å². The third kappa shape index (κ3) is 6.59. The highest BCUT2D eigenvalue weighted by Crippen LogP contribution is 2.10. The van der Waals surface area contributed by atoms with E-state index in [1.807, 2.05) is 13.0 Å². The van der Waals surface area contributed by atoms with E-state index in [1.165, 1.54) is 30.4 Å². The van der Waals surface area contributed by atoms with Gasteiger partial charge in [-0.2, -0.15) is 0 Å². The number of hydrogen-bond acceptors (Lipinski definition) is 1. The smallest absolute Gasteiger partial charge is 0.0618 e. The lowest BCUT2D eigenvalue weighted by atomic mass is 10.1. The Hall–Kier alpha value is -0.560. The Morgan fingerprint density at radius 3 is 2.23 bits per heavy atom. The molecular formula is C12H22O. The Balaban J connectivity index is 3.80. The Labute approximate surface area is 82.2 Å². The predicted molar refractivity (Wildman–Crippen MR) is 58.7 cm³/mol. The first kappa shape index (κ1) is 12.4.